The number of nitrogens with zero attached hydrogens (tertiary/aromatic N) is 2. The fraction of sp³-hybridized carbons (Fsp3) is 0.429. The van der Waals surface area contributed by atoms with E-state index in [0.717, 1.165) is 35.0 Å². The van der Waals surface area contributed by atoms with Crippen molar-refractivity contribution < 1.29 is 4.74 Å². The summed E-state index contributed by atoms with van der Waals surface area (Å²) in [5.74, 6) is 0. The molecule has 1 aromatic carbocycles. The molecule has 5 heteroatoms. The molecule has 19 heavy (non-hydrogen) atoms. The van der Waals surface area contributed by atoms with Gasteiger partial charge in [0, 0.05) is 6.61 Å². The average molecular weight is 275 g/mol. The van der Waals surface area contributed by atoms with E-state index < -0.39 is 0 Å². The highest BCUT2D eigenvalue weighted by atomic mass is 32.1. The van der Waals surface area contributed by atoms with Crippen LogP contribution in [0.2, 0.25) is 0 Å². The van der Waals surface area contributed by atoms with Crippen molar-refractivity contribution in [2.24, 2.45) is 5.73 Å². The van der Waals surface area contributed by atoms with Gasteiger partial charge in [0.2, 0.25) is 0 Å². The average Bonchev–Trinajstić information content (AvgIpc) is 2.98. The lowest BCUT2D eigenvalue weighted by Gasteiger charge is -2.19. The van der Waals surface area contributed by atoms with Gasteiger partial charge < -0.3 is 10.5 Å². The van der Waals surface area contributed by atoms with Gasteiger partial charge in [-0.05, 0) is 24.8 Å². The van der Waals surface area contributed by atoms with Crippen LogP contribution in [0.3, 0.4) is 0 Å². The molecule has 0 bridgehead atoms. The maximum absolute atomic E-state index is 6.23. The summed E-state index contributed by atoms with van der Waals surface area (Å²) < 4.78 is 5.73. The molecule has 0 aliphatic carbocycles. The molecule has 4 nitrogen and oxygen atoms in total. The smallest absolute Gasteiger partial charge is 0.146 e. The topological polar surface area (TPSA) is 61.0 Å². The summed E-state index contributed by atoms with van der Waals surface area (Å²) in [7, 11) is 0. The summed E-state index contributed by atoms with van der Waals surface area (Å²) in [5, 5.41) is 10.3. The highest BCUT2D eigenvalue weighted by Gasteiger charge is 2.22. The predicted molar refractivity (Wildman–Crippen MR) is 74.9 cm³/mol. The Labute approximate surface area is 116 Å². The van der Waals surface area contributed by atoms with Crippen molar-refractivity contribution in [1.29, 1.82) is 0 Å². The molecule has 2 atom stereocenters. The molecule has 1 aromatic heterocycles. The molecule has 2 N–H and O–H groups in total. The molecule has 0 amide bonds. The fourth-order valence-corrected chi connectivity index (χ4v) is 3.20. The summed E-state index contributed by atoms with van der Waals surface area (Å²) in [6, 6.07) is 9.79. The second-order valence-corrected chi connectivity index (χ2v) is 5.76. The zero-order chi connectivity index (χ0) is 13.1. The lowest BCUT2D eigenvalue weighted by molar-refractivity contribution is 0.0144. The highest BCUT2D eigenvalue weighted by molar-refractivity contribution is 7.11. The minimum absolute atomic E-state index is 0.114. The monoisotopic (exact) mass is 275 g/mol. The third kappa shape index (κ3) is 2.83. The third-order valence-electron chi connectivity index (χ3n) is 3.34. The number of hydrogen-bond acceptors (Lipinski definition) is 5. The molecule has 1 fully saturated rings. The Kier molecular flexibility index (Phi) is 3.87. The van der Waals surface area contributed by atoms with Crippen molar-refractivity contribution in [2.45, 2.75) is 31.4 Å². The first-order valence-corrected chi connectivity index (χ1v) is 7.41. The van der Waals surface area contributed by atoms with Crippen molar-refractivity contribution in [3.05, 3.63) is 45.9 Å². The molecular formula is C14H17N3OS. The van der Waals surface area contributed by atoms with E-state index in [1.165, 1.54) is 6.42 Å². The molecule has 0 saturated carbocycles. The Hall–Kier alpha value is -1.30. The van der Waals surface area contributed by atoms with Gasteiger partial charge in [0.05, 0.1) is 6.04 Å². The minimum atomic E-state index is -0.198. The quantitative estimate of drug-likeness (QED) is 0.935. The van der Waals surface area contributed by atoms with Gasteiger partial charge in [-0.2, -0.15) is 0 Å². The molecule has 1 aliphatic heterocycles. The summed E-state index contributed by atoms with van der Waals surface area (Å²) in [6.45, 7) is 0.824. The highest BCUT2D eigenvalue weighted by Crippen LogP contribution is 2.32. The van der Waals surface area contributed by atoms with Gasteiger partial charge in [-0.1, -0.05) is 41.7 Å². The number of hydrogen-bond donors (Lipinski definition) is 1. The zero-order valence-corrected chi connectivity index (χ0v) is 11.5. The molecule has 3 rings (SSSR count). The van der Waals surface area contributed by atoms with Crippen LogP contribution in [0.5, 0.6) is 0 Å². The van der Waals surface area contributed by atoms with Gasteiger partial charge in [-0.3, -0.25) is 0 Å². The lowest BCUT2D eigenvalue weighted by atomic mass is 10.1. The number of ether oxygens (including phenoxy) is 1. The van der Waals surface area contributed by atoms with Crippen LogP contribution in [0.15, 0.2) is 30.3 Å². The van der Waals surface area contributed by atoms with Gasteiger partial charge in [0.25, 0.3) is 0 Å². The van der Waals surface area contributed by atoms with Crippen LogP contribution in [0.25, 0.3) is 0 Å². The SMILES string of the molecule is NC(c1ccccc1)c1nnc(C2CCCCO2)s1. The van der Waals surface area contributed by atoms with E-state index in [4.69, 9.17) is 10.5 Å². The van der Waals surface area contributed by atoms with Crippen molar-refractivity contribution in [2.75, 3.05) is 6.61 Å². The lowest BCUT2D eigenvalue weighted by Crippen LogP contribution is -2.11. The normalized spacial score (nSPS) is 21.2. The number of aromatic nitrogens is 2. The van der Waals surface area contributed by atoms with Crippen molar-refractivity contribution in [3.8, 4) is 0 Å². The van der Waals surface area contributed by atoms with E-state index in [0.29, 0.717) is 0 Å². The zero-order valence-electron chi connectivity index (χ0n) is 10.7. The van der Waals surface area contributed by atoms with Crippen LogP contribution in [-0.4, -0.2) is 16.8 Å². The van der Waals surface area contributed by atoms with Crippen LogP contribution >= 0.6 is 11.3 Å². The van der Waals surface area contributed by atoms with Crippen LogP contribution in [-0.2, 0) is 4.74 Å². The molecule has 0 spiro atoms. The maximum Gasteiger partial charge on any atom is 0.146 e. The van der Waals surface area contributed by atoms with Crippen LogP contribution in [0, 0.1) is 0 Å². The summed E-state index contributed by atoms with van der Waals surface area (Å²) in [4.78, 5) is 0. The molecule has 100 valence electrons. The molecule has 1 saturated heterocycles. The van der Waals surface area contributed by atoms with E-state index in [2.05, 4.69) is 10.2 Å². The van der Waals surface area contributed by atoms with Gasteiger partial charge in [-0.15, -0.1) is 10.2 Å². The van der Waals surface area contributed by atoms with Gasteiger partial charge in [0.1, 0.15) is 16.1 Å². The van der Waals surface area contributed by atoms with E-state index in [9.17, 15) is 0 Å². The minimum Gasteiger partial charge on any atom is -0.371 e. The number of rotatable bonds is 3. The summed E-state index contributed by atoms with van der Waals surface area (Å²) in [5.41, 5.74) is 7.29. The molecule has 2 heterocycles. The summed E-state index contributed by atoms with van der Waals surface area (Å²) >= 11 is 1.57. The first kappa shape index (κ1) is 12.7. The van der Waals surface area contributed by atoms with Crippen LogP contribution in [0.1, 0.15) is 47.0 Å². The Morgan fingerprint density at radius 2 is 2.05 bits per heavy atom. The predicted octanol–water partition coefficient (Wildman–Crippen LogP) is 2.83. The van der Waals surface area contributed by atoms with Gasteiger partial charge in [0.15, 0.2) is 0 Å². The Morgan fingerprint density at radius 1 is 1.21 bits per heavy atom. The summed E-state index contributed by atoms with van der Waals surface area (Å²) in [6.07, 6.45) is 3.49. The molecular weight excluding hydrogens is 258 g/mol. The Balaban J connectivity index is 1.77. The van der Waals surface area contributed by atoms with Gasteiger partial charge in [-0.25, -0.2) is 0 Å². The molecule has 0 radical (unpaired) electrons. The third-order valence-corrected chi connectivity index (χ3v) is 4.43. The van der Waals surface area contributed by atoms with E-state index in [-0.39, 0.29) is 12.1 Å². The number of nitrogens with two attached hydrogens (primary N) is 1. The van der Waals surface area contributed by atoms with Crippen molar-refractivity contribution in [3.63, 3.8) is 0 Å². The van der Waals surface area contributed by atoms with Gasteiger partial charge >= 0.3 is 0 Å². The molecule has 1 aliphatic rings. The molecule has 2 unspecified atom stereocenters. The Bertz CT molecular complexity index is 522. The first-order valence-electron chi connectivity index (χ1n) is 6.60. The van der Waals surface area contributed by atoms with Crippen molar-refractivity contribution >= 4 is 11.3 Å². The van der Waals surface area contributed by atoms with E-state index in [1.54, 1.807) is 11.3 Å². The van der Waals surface area contributed by atoms with E-state index >= 15 is 0 Å². The van der Waals surface area contributed by atoms with E-state index in [1.807, 2.05) is 30.3 Å². The second kappa shape index (κ2) is 5.77. The number of benzene rings is 1. The maximum atomic E-state index is 6.23. The first-order chi connectivity index (χ1) is 9.34. The molecule has 2 aromatic rings. The standard InChI is InChI=1S/C14H17N3OS/c15-12(10-6-2-1-3-7-10)14-17-16-13(19-14)11-8-4-5-9-18-11/h1-3,6-7,11-12H,4-5,8-9,15H2. The fourth-order valence-electron chi connectivity index (χ4n) is 2.24. The van der Waals surface area contributed by atoms with Crippen LogP contribution < -0.4 is 5.73 Å². The second-order valence-electron chi connectivity index (χ2n) is 4.72. The van der Waals surface area contributed by atoms with Crippen molar-refractivity contribution in [1.82, 2.24) is 10.2 Å². The van der Waals surface area contributed by atoms with Crippen LogP contribution in [0.4, 0.5) is 0 Å². The largest absolute Gasteiger partial charge is 0.371 e. The Morgan fingerprint density at radius 3 is 2.79 bits per heavy atom.